The molecule has 0 fully saturated rings. The molecular formula is C10H11N3O. The lowest BCUT2D eigenvalue weighted by molar-refractivity contribution is 0.987. The first kappa shape index (κ1) is 8.62. The number of hydrogen-bond acceptors (Lipinski definition) is 2. The van der Waals surface area contributed by atoms with Crippen molar-refractivity contribution in [2.75, 3.05) is 12.4 Å². The van der Waals surface area contributed by atoms with Gasteiger partial charge in [0.15, 0.2) is 0 Å². The SMILES string of the molecule is CNc1ccc(-n2cc[nH]c2=O)cc1. The maximum atomic E-state index is 11.3. The summed E-state index contributed by atoms with van der Waals surface area (Å²) >= 11 is 0. The van der Waals surface area contributed by atoms with Gasteiger partial charge in [-0.15, -0.1) is 0 Å². The van der Waals surface area contributed by atoms with Crippen molar-refractivity contribution in [1.29, 1.82) is 0 Å². The molecule has 0 atom stereocenters. The van der Waals surface area contributed by atoms with E-state index in [-0.39, 0.29) is 5.69 Å². The van der Waals surface area contributed by atoms with Gasteiger partial charge in [0.1, 0.15) is 0 Å². The lowest BCUT2D eigenvalue weighted by Crippen LogP contribution is -2.13. The zero-order chi connectivity index (χ0) is 9.97. The molecule has 1 aromatic carbocycles. The molecule has 0 spiro atoms. The van der Waals surface area contributed by atoms with E-state index in [2.05, 4.69) is 10.3 Å². The first-order valence-corrected chi connectivity index (χ1v) is 4.35. The molecule has 1 aromatic heterocycles. The second-order valence-electron chi connectivity index (χ2n) is 2.93. The van der Waals surface area contributed by atoms with E-state index in [0.717, 1.165) is 11.4 Å². The fourth-order valence-electron chi connectivity index (χ4n) is 1.31. The van der Waals surface area contributed by atoms with Crippen molar-refractivity contribution in [2.24, 2.45) is 0 Å². The first-order valence-electron chi connectivity index (χ1n) is 4.35. The Morgan fingerprint density at radius 2 is 2.00 bits per heavy atom. The average molecular weight is 189 g/mol. The maximum Gasteiger partial charge on any atom is 0.330 e. The molecule has 1 heterocycles. The number of imidazole rings is 1. The first-order chi connectivity index (χ1) is 6.81. The van der Waals surface area contributed by atoms with Gasteiger partial charge in [0.05, 0.1) is 5.69 Å². The Hall–Kier alpha value is -1.97. The van der Waals surface area contributed by atoms with Crippen LogP contribution in [0.25, 0.3) is 5.69 Å². The van der Waals surface area contributed by atoms with Crippen LogP contribution in [-0.4, -0.2) is 16.6 Å². The van der Waals surface area contributed by atoms with Gasteiger partial charge in [0.25, 0.3) is 0 Å². The molecule has 2 rings (SSSR count). The Bertz CT molecular complexity index is 467. The quantitative estimate of drug-likeness (QED) is 0.746. The minimum absolute atomic E-state index is 0.123. The van der Waals surface area contributed by atoms with Gasteiger partial charge in [0, 0.05) is 25.1 Å². The highest BCUT2D eigenvalue weighted by atomic mass is 16.1. The topological polar surface area (TPSA) is 49.8 Å². The van der Waals surface area contributed by atoms with Crippen LogP contribution in [0.1, 0.15) is 0 Å². The third-order valence-electron chi connectivity index (χ3n) is 2.08. The minimum Gasteiger partial charge on any atom is -0.388 e. The number of benzene rings is 1. The molecule has 0 radical (unpaired) electrons. The molecule has 0 amide bonds. The van der Waals surface area contributed by atoms with E-state index < -0.39 is 0 Å². The molecule has 2 aromatic rings. The van der Waals surface area contributed by atoms with Crippen LogP contribution in [-0.2, 0) is 0 Å². The standard InChI is InChI=1S/C10H11N3O/c1-11-8-2-4-9(5-3-8)13-7-6-12-10(13)14/h2-7,11H,1H3,(H,12,14). The number of rotatable bonds is 2. The van der Waals surface area contributed by atoms with Crippen molar-refractivity contribution in [3.8, 4) is 5.69 Å². The average Bonchev–Trinajstić information content (AvgIpc) is 2.65. The van der Waals surface area contributed by atoms with Gasteiger partial charge < -0.3 is 10.3 Å². The fraction of sp³-hybridized carbons (Fsp3) is 0.100. The van der Waals surface area contributed by atoms with E-state index in [1.807, 2.05) is 31.3 Å². The summed E-state index contributed by atoms with van der Waals surface area (Å²) in [5, 5.41) is 3.02. The second-order valence-corrected chi connectivity index (χ2v) is 2.93. The summed E-state index contributed by atoms with van der Waals surface area (Å²) in [4.78, 5) is 13.9. The van der Waals surface area contributed by atoms with Crippen LogP contribution in [0.2, 0.25) is 0 Å². The van der Waals surface area contributed by atoms with Crippen molar-refractivity contribution < 1.29 is 0 Å². The largest absolute Gasteiger partial charge is 0.388 e. The van der Waals surface area contributed by atoms with Crippen LogP contribution in [0.15, 0.2) is 41.5 Å². The maximum absolute atomic E-state index is 11.3. The smallest absolute Gasteiger partial charge is 0.330 e. The van der Waals surface area contributed by atoms with Crippen LogP contribution in [0.5, 0.6) is 0 Å². The summed E-state index contributed by atoms with van der Waals surface area (Å²) in [5.41, 5.74) is 1.76. The van der Waals surface area contributed by atoms with Gasteiger partial charge in [-0.05, 0) is 24.3 Å². The number of nitrogens with zero attached hydrogens (tertiary/aromatic N) is 1. The second kappa shape index (κ2) is 3.41. The summed E-state index contributed by atoms with van der Waals surface area (Å²) in [6, 6.07) is 7.63. The van der Waals surface area contributed by atoms with Crippen molar-refractivity contribution in [1.82, 2.24) is 9.55 Å². The predicted octanol–water partition coefficient (Wildman–Crippen LogP) is 1.21. The number of anilines is 1. The highest BCUT2D eigenvalue weighted by Crippen LogP contribution is 2.10. The summed E-state index contributed by atoms with van der Waals surface area (Å²) in [5.74, 6) is 0. The monoisotopic (exact) mass is 189 g/mol. The van der Waals surface area contributed by atoms with Gasteiger partial charge in [0.2, 0.25) is 0 Å². The molecule has 14 heavy (non-hydrogen) atoms. The Labute approximate surface area is 81.2 Å². The number of aromatic nitrogens is 2. The number of aromatic amines is 1. The van der Waals surface area contributed by atoms with Gasteiger partial charge >= 0.3 is 5.69 Å². The molecule has 0 unspecified atom stereocenters. The van der Waals surface area contributed by atoms with Gasteiger partial charge in [-0.2, -0.15) is 0 Å². The molecule has 0 aliphatic heterocycles. The van der Waals surface area contributed by atoms with Crippen molar-refractivity contribution in [3.63, 3.8) is 0 Å². The molecule has 0 saturated heterocycles. The van der Waals surface area contributed by atoms with E-state index in [9.17, 15) is 4.79 Å². The minimum atomic E-state index is -0.123. The predicted molar refractivity (Wildman–Crippen MR) is 55.9 cm³/mol. The number of H-pyrrole nitrogens is 1. The van der Waals surface area contributed by atoms with E-state index in [1.54, 1.807) is 17.0 Å². The molecule has 0 saturated carbocycles. The Balaban J connectivity index is 2.44. The van der Waals surface area contributed by atoms with Crippen LogP contribution in [0, 0.1) is 0 Å². The molecule has 4 nitrogen and oxygen atoms in total. The van der Waals surface area contributed by atoms with Crippen molar-refractivity contribution >= 4 is 5.69 Å². The zero-order valence-electron chi connectivity index (χ0n) is 7.82. The summed E-state index contributed by atoms with van der Waals surface area (Å²) in [6.07, 6.45) is 3.32. The highest BCUT2D eigenvalue weighted by molar-refractivity contribution is 5.48. The van der Waals surface area contributed by atoms with Crippen LogP contribution in [0.4, 0.5) is 5.69 Å². The highest BCUT2D eigenvalue weighted by Gasteiger charge is 1.98. The van der Waals surface area contributed by atoms with Crippen molar-refractivity contribution in [3.05, 3.63) is 47.1 Å². The number of nitrogens with one attached hydrogen (secondary N) is 2. The molecule has 72 valence electrons. The van der Waals surface area contributed by atoms with Gasteiger partial charge in [-0.1, -0.05) is 0 Å². The Kier molecular flexibility index (Phi) is 2.10. The summed E-state index contributed by atoms with van der Waals surface area (Å²) in [7, 11) is 1.86. The van der Waals surface area contributed by atoms with E-state index >= 15 is 0 Å². The third kappa shape index (κ3) is 1.42. The van der Waals surface area contributed by atoms with Crippen LogP contribution < -0.4 is 11.0 Å². The van der Waals surface area contributed by atoms with Gasteiger partial charge in [-0.25, -0.2) is 4.79 Å². The third-order valence-corrected chi connectivity index (χ3v) is 2.08. The molecular weight excluding hydrogens is 178 g/mol. The van der Waals surface area contributed by atoms with Crippen LogP contribution in [0.3, 0.4) is 0 Å². The molecule has 0 bridgehead atoms. The molecule has 0 aliphatic carbocycles. The molecule has 0 aliphatic rings. The Morgan fingerprint density at radius 3 is 2.50 bits per heavy atom. The summed E-state index contributed by atoms with van der Waals surface area (Å²) < 4.78 is 1.56. The fourth-order valence-corrected chi connectivity index (χ4v) is 1.31. The van der Waals surface area contributed by atoms with E-state index in [4.69, 9.17) is 0 Å². The Morgan fingerprint density at radius 1 is 1.29 bits per heavy atom. The summed E-state index contributed by atoms with van der Waals surface area (Å²) in [6.45, 7) is 0. The lowest BCUT2D eigenvalue weighted by atomic mass is 10.3. The molecule has 2 N–H and O–H groups in total. The number of hydrogen-bond donors (Lipinski definition) is 2. The van der Waals surface area contributed by atoms with E-state index in [1.165, 1.54) is 0 Å². The molecule has 4 heteroatoms. The lowest BCUT2D eigenvalue weighted by Gasteiger charge is -2.02. The van der Waals surface area contributed by atoms with Crippen molar-refractivity contribution in [2.45, 2.75) is 0 Å². The van der Waals surface area contributed by atoms with Crippen LogP contribution >= 0.6 is 0 Å². The normalized spacial score (nSPS) is 10.1. The van der Waals surface area contributed by atoms with Gasteiger partial charge in [-0.3, -0.25) is 4.57 Å². The zero-order valence-corrected chi connectivity index (χ0v) is 7.82. The van der Waals surface area contributed by atoms with E-state index in [0.29, 0.717) is 0 Å².